The van der Waals surface area contributed by atoms with E-state index in [2.05, 4.69) is 17.3 Å². The molecular weight excluding hydrogens is 268 g/mol. The van der Waals surface area contributed by atoms with E-state index in [1.54, 1.807) is 0 Å². The van der Waals surface area contributed by atoms with Gasteiger partial charge in [-0.15, -0.1) is 0 Å². The number of ether oxygens (including phenoxy) is 2. The van der Waals surface area contributed by atoms with Crippen LogP contribution in [0.2, 0.25) is 0 Å². The molecule has 1 atom stereocenters. The first-order chi connectivity index (χ1) is 10.0. The van der Waals surface area contributed by atoms with Crippen LogP contribution in [0.1, 0.15) is 46.5 Å². The average molecular weight is 300 g/mol. The second-order valence-electron chi connectivity index (χ2n) is 6.01. The minimum absolute atomic E-state index is 0.138. The lowest BCUT2D eigenvalue weighted by molar-refractivity contribution is -0.150. The standard InChI is InChI=1S/C16H32N2O3/c1-5-17-16(3,15(19)21-6-2)10-7-11-18(4)14-8-12-20-13-9-14/h14,17H,5-13H2,1-4H3. The lowest BCUT2D eigenvalue weighted by Gasteiger charge is -2.33. The van der Waals surface area contributed by atoms with Gasteiger partial charge in [-0.2, -0.15) is 0 Å². The first-order valence-corrected chi connectivity index (χ1v) is 8.23. The monoisotopic (exact) mass is 300 g/mol. The Labute approximate surface area is 129 Å². The molecule has 1 aliphatic rings. The fourth-order valence-electron chi connectivity index (χ4n) is 2.93. The number of likely N-dealkylation sites (N-methyl/N-ethyl adjacent to an activating group) is 1. The highest BCUT2D eigenvalue weighted by Crippen LogP contribution is 2.18. The number of carbonyl (C=O) groups is 1. The lowest BCUT2D eigenvalue weighted by atomic mass is 9.95. The number of esters is 1. The molecular formula is C16H32N2O3. The molecule has 1 saturated heterocycles. The van der Waals surface area contributed by atoms with Gasteiger partial charge in [0.1, 0.15) is 5.54 Å². The second kappa shape index (κ2) is 9.38. The second-order valence-corrected chi connectivity index (χ2v) is 6.01. The van der Waals surface area contributed by atoms with Crippen LogP contribution < -0.4 is 5.32 Å². The fourth-order valence-corrected chi connectivity index (χ4v) is 2.93. The number of hydrogen-bond donors (Lipinski definition) is 1. The topological polar surface area (TPSA) is 50.8 Å². The van der Waals surface area contributed by atoms with Crippen molar-refractivity contribution in [2.24, 2.45) is 0 Å². The zero-order valence-electron chi connectivity index (χ0n) is 14.1. The molecule has 1 unspecified atom stereocenters. The molecule has 5 heteroatoms. The van der Waals surface area contributed by atoms with Gasteiger partial charge in [0.15, 0.2) is 0 Å². The molecule has 0 saturated carbocycles. The van der Waals surface area contributed by atoms with Crippen LogP contribution in [0.25, 0.3) is 0 Å². The van der Waals surface area contributed by atoms with Gasteiger partial charge in [0.2, 0.25) is 0 Å². The molecule has 5 nitrogen and oxygen atoms in total. The quantitative estimate of drug-likeness (QED) is 0.658. The van der Waals surface area contributed by atoms with Crippen molar-refractivity contribution in [2.45, 2.75) is 58.0 Å². The molecule has 1 rings (SSSR count). The van der Waals surface area contributed by atoms with E-state index >= 15 is 0 Å². The largest absolute Gasteiger partial charge is 0.465 e. The summed E-state index contributed by atoms with van der Waals surface area (Å²) in [6, 6.07) is 0.617. The summed E-state index contributed by atoms with van der Waals surface area (Å²) in [5.41, 5.74) is -0.568. The van der Waals surface area contributed by atoms with Gasteiger partial charge in [-0.1, -0.05) is 6.92 Å². The van der Waals surface area contributed by atoms with E-state index < -0.39 is 5.54 Å². The zero-order valence-corrected chi connectivity index (χ0v) is 14.1. The SMILES string of the molecule is CCNC(C)(CCCN(C)C1CCOCC1)C(=O)OCC. The molecule has 1 fully saturated rings. The van der Waals surface area contributed by atoms with Crippen molar-refractivity contribution in [1.82, 2.24) is 10.2 Å². The Balaban J connectivity index is 2.40. The molecule has 0 aliphatic carbocycles. The molecule has 0 aromatic carbocycles. The maximum Gasteiger partial charge on any atom is 0.326 e. The van der Waals surface area contributed by atoms with Crippen LogP contribution >= 0.6 is 0 Å². The van der Waals surface area contributed by atoms with E-state index in [1.807, 2.05) is 20.8 Å². The summed E-state index contributed by atoms with van der Waals surface area (Å²) < 4.78 is 10.6. The molecule has 0 aromatic heterocycles. The predicted octanol–water partition coefficient (Wildman–Crippen LogP) is 1.81. The maximum absolute atomic E-state index is 12.1. The zero-order chi connectivity index (χ0) is 15.7. The Bertz CT molecular complexity index is 306. The Morgan fingerprint density at radius 1 is 1.38 bits per heavy atom. The van der Waals surface area contributed by atoms with Crippen LogP contribution in [-0.4, -0.2) is 62.4 Å². The third-order valence-corrected chi connectivity index (χ3v) is 4.29. The van der Waals surface area contributed by atoms with Crippen molar-refractivity contribution >= 4 is 5.97 Å². The summed E-state index contributed by atoms with van der Waals surface area (Å²) in [6.45, 7) is 9.76. The van der Waals surface area contributed by atoms with E-state index in [4.69, 9.17) is 9.47 Å². The van der Waals surface area contributed by atoms with Gasteiger partial charge in [0.25, 0.3) is 0 Å². The molecule has 1 heterocycles. The predicted molar refractivity (Wildman–Crippen MR) is 84.4 cm³/mol. The first-order valence-electron chi connectivity index (χ1n) is 8.23. The third kappa shape index (κ3) is 5.93. The molecule has 124 valence electrons. The van der Waals surface area contributed by atoms with Crippen LogP contribution in [0.4, 0.5) is 0 Å². The van der Waals surface area contributed by atoms with Crippen molar-refractivity contribution in [2.75, 3.05) is 40.0 Å². The van der Waals surface area contributed by atoms with Crippen molar-refractivity contribution in [3.63, 3.8) is 0 Å². The smallest absolute Gasteiger partial charge is 0.326 e. The normalized spacial score (nSPS) is 19.5. The molecule has 0 amide bonds. The van der Waals surface area contributed by atoms with Crippen molar-refractivity contribution in [3.05, 3.63) is 0 Å². The van der Waals surface area contributed by atoms with E-state index in [9.17, 15) is 4.79 Å². The van der Waals surface area contributed by atoms with Crippen LogP contribution in [0.15, 0.2) is 0 Å². The molecule has 1 aliphatic heterocycles. The Kier molecular flexibility index (Phi) is 8.22. The van der Waals surface area contributed by atoms with Gasteiger partial charge < -0.3 is 19.7 Å². The number of carbonyl (C=O) groups excluding carboxylic acids is 1. The molecule has 0 spiro atoms. The fraction of sp³-hybridized carbons (Fsp3) is 0.938. The van der Waals surface area contributed by atoms with E-state index in [0.717, 1.165) is 52.0 Å². The van der Waals surface area contributed by atoms with Gasteiger partial charge >= 0.3 is 5.97 Å². The number of nitrogens with zero attached hydrogens (tertiary/aromatic N) is 1. The summed E-state index contributed by atoms with van der Waals surface area (Å²) in [4.78, 5) is 14.5. The Hall–Kier alpha value is -0.650. The number of nitrogens with one attached hydrogen (secondary N) is 1. The van der Waals surface area contributed by atoms with Gasteiger partial charge in [0.05, 0.1) is 6.61 Å². The minimum atomic E-state index is -0.568. The molecule has 0 aromatic rings. The number of hydrogen-bond acceptors (Lipinski definition) is 5. The Morgan fingerprint density at radius 3 is 2.62 bits per heavy atom. The van der Waals surface area contributed by atoms with Crippen molar-refractivity contribution in [3.8, 4) is 0 Å². The van der Waals surface area contributed by atoms with Crippen LogP contribution in [0, 0.1) is 0 Å². The van der Waals surface area contributed by atoms with E-state index in [-0.39, 0.29) is 5.97 Å². The summed E-state index contributed by atoms with van der Waals surface area (Å²) in [7, 11) is 2.17. The summed E-state index contributed by atoms with van der Waals surface area (Å²) >= 11 is 0. The third-order valence-electron chi connectivity index (χ3n) is 4.29. The van der Waals surface area contributed by atoms with Crippen molar-refractivity contribution in [1.29, 1.82) is 0 Å². The van der Waals surface area contributed by atoms with E-state index in [1.165, 1.54) is 0 Å². The molecule has 1 N–H and O–H groups in total. The molecule has 0 radical (unpaired) electrons. The van der Waals surface area contributed by atoms with E-state index in [0.29, 0.717) is 12.6 Å². The molecule has 0 bridgehead atoms. The Morgan fingerprint density at radius 2 is 2.05 bits per heavy atom. The highest BCUT2D eigenvalue weighted by Gasteiger charge is 2.33. The minimum Gasteiger partial charge on any atom is -0.465 e. The maximum atomic E-state index is 12.1. The summed E-state index contributed by atoms with van der Waals surface area (Å²) in [6.07, 6.45) is 4.00. The highest BCUT2D eigenvalue weighted by molar-refractivity contribution is 5.80. The first kappa shape index (κ1) is 18.4. The lowest BCUT2D eigenvalue weighted by Crippen LogP contribution is -2.51. The van der Waals surface area contributed by atoms with Gasteiger partial charge in [0, 0.05) is 19.3 Å². The van der Waals surface area contributed by atoms with Gasteiger partial charge in [-0.3, -0.25) is 4.79 Å². The van der Waals surface area contributed by atoms with Crippen LogP contribution in [0.5, 0.6) is 0 Å². The van der Waals surface area contributed by atoms with Gasteiger partial charge in [-0.05, 0) is 59.7 Å². The average Bonchev–Trinajstić information content (AvgIpc) is 2.48. The van der Waals surface area contributed by atoms with Crippen LogP contribution in [-0.2, 0) is 14.3 Å². The van der Waals surface area contributed by atoms with Gasteiger partial charge in [-0.25, -0.2) is 0 Å². The highest BCUT2D eigenvalue weighted by atomic mass is 16.5. The summed E-state index contributed by atoms with van der Waals surface area (Å²) in [5.74, 6) is -0.138. The molecule has 21 heavy (non-hydrogen) atoms. The number of rotatable bonds is 9. The van der Waals surface area contributed by atoms with Crippen LogP contribution in [0.3, 0.4) is 0 Å². The summed E-state index contributed by atoms with van der Waals surface area (Å²) in [5, 5.41) is 3.28. The van der Waals surface area contributed by atoms with Crippen molar-refractivity contribution < 1.29 is 14.3 Å².